The third kappa shape index (κ3) is 3.85. The lowest BCUT2D eigenvalue weighted by atomic mass is 10.0. The number of amides is 1. The molecule has 1 amide bonds. The Morgan fingerprint density at radius 1 is 1.40 bits per heavy atom. The number of furan rings is 1. The number of carbonyl (C=O) groups is 2. The molecule has 1 aromatic rings. The van der Waals surface area contributed by atoms with Gasteiger partial charge in [0, 0.05) is 6.42 Å². The Labute approximate surface area is 118 Å². The molecule has 0 aromatic carbocycles. The predicted octanol–water partition coefficient (Wildman–Crippen LogP) is 2.87. The smallest absolute Gasteiger partial charge is 0.339 e. The highest BCUT2D eigenvalue weighted by Crippen LogP contribution is 2.28. The average molecular weight is 279 g/mol. The molecule has 1 saturated carbocycles. The van der Waals surface area contributed by atoms with Gasteiger partial charge in [-0.25, -0.2) is 4.79 Å². The van der Waals surface area contributed by atoms with Crippen LogP contribution < -0.4 is 5.32 Å². The number of carboxylic acids is 1. The molecule has 20 heavy (non-hydrogen) atoms. The van der Waals surface area contributed by atoms with Crippen molar-refractivity contribution >= 4 is 11.9 Å². The molecule has 1 fully saturated rings. The van der Waals surface area contributed by atoms with Crippen molar-refractivity contribution in [1.82, 2.24) is 5.32 Å². The molecule has 0 radical (unpaired) electrons. The van der Waals surface area contributed by atoms with E-state index in [9.17, 15) is 9.59 Å². The highest BCUT2D eigenvalue weighted by Gasteiger charge is 2.17. The van der Waals surface area contributed by atoms with Crippen molar-refractivity contribution in [2.45, 2.75) is 52.0 Å². The number of nitrogens with one attached hydrogen (secondary N) is 1. The predicted molar refractivity (Wildman–Crippen MR) is 73.4 cm³/mol. The zero-order valence-electron chi connectivity index (χ0n) is 11.8. The number of aryl methyl sites for hydroxylation is 1. The van der Waals surface area contributed by atoms with Crippen LogP contribution in [0.3, 0.4) is 0 Å². The quantitative estimate of drug-likeness (QED) is 0.839. The van der Waals surface area contributed by atoms with Gasteiger partial charge in [-0.05, 0) is 25.3 Å². The van der Waals surface area contributed by atoms with Gasteiger partial charge >= 0.3 is 5.97 Å². The van der Waals surface area contributed by atoms with E-state index in [4.69, 9.17) is 9.52 Å². The van der Waals surface area contributed by atoms with Crippen LogP contribution in [0.5, 0.6) is 0 Å². The molecule has 5 nitrogen and oxygen atoms in total. The fourth-order valence-electron chi connectivity index (χ4n) is 2.75. The van der Waals surface area contributed by atoms with Gasteiger partial charge in [0.1, 0.15) is 17.1 Å². The van der Waals surface area contributed by atoms with E-state index in [-0.39, 0.29) is 18.0 Å². The SMILES string of the molecule is Cc1oc(CNC(=O)CCC2CCCC2)cc1C(=O)O. The molecule has 1 aliphatic carbocycles. The molecule has 5 heteroatoms. The van der Waals surface area contributed by atoms with Gasteiger partial charge in [-0.1, -0.05) is 25.7 Å². The van der Waals surface area contributed by atoms with Crippen molar-refractivity contribution in [2.75, 3.05) is 0 Å². The second kappa shape index (κ2) is 6.59. The second-order valence-corrected chi connectivity index (χ2v) is 5.45. The summed E-state index contributed by atoms with van der Waals surface area (Å²) in [5.41, 5.74) is 0.153. The number of aromatic carboxylic acids is 1. The maximum absolute atomic E-state index is 11.7. The van der Waals surface area contributed by atoms with Gasteiger partial charge in [-0.3, -0.25) is 4.79 Å². The maximum atomic E-state index is 11.7. The molecule has 1 heterocycles. The third-order valence-electron chi connectivity index (χ3n) is 3.91. The van der Waals surface area contributed by atoms with Crippen molar-refractivity contribution in [3.63, 3.8) is 0 Å². The van der Waals surface area contributed by atoms with E-state index < -0.39 is 5.97 Å². The summed E-state index contributed by atoms with van der Waals surface area (Å²) >= 11 is 0. The standard InChI is InChI=1S/C15H21NO4/c1-10-13(15(18)19)8-12(20-10)9-16-14(17)7-6-11-4-2-3-5-11/h8,11H,2-7,9H2,1H3,(H,16,17)(H,18,19). The zero-order valence-corrected chi connectivity index (χ0v) is 11.8. The largest absolute Gasteiger partial charge is 0.478 e. The van der Waals surface area contributed by atoms with E-state index in [1.807, 2.05) is 0 Å². The molecule has 0 unspecified atom stereocenters. The van der Waals surface area contributed by atoms with Crippen molar-refractivity contribution in [3.05, 3.63) is 23.2 Å². The van der Waals surface area contributed by atoms with Crippen LogP contribution >= 0.6 is 0 Å². The maximum Gasteiger partial charge on any atom is 0.339 e. The van der Waals surface area contributed by atoms with E-state index in [0.29, 0.717) is 23.9 Å². The van der Waals surface area contributed by atoms with Crippen LogP contribution in [0.4, 0.5) is 0 Å². The molecule has 0 atom stereocenters. The van der Waals surface area contributed by atoms with Crippen LogP contribution in [0.25, 0.3) is 0 Å². The molecule has 0 bridgehead atoms. The van der Waals surface area contributed by atoms with Crippen LogP contribution in [-0.4, -0.2) is 17.0 Å². The van der Waals surface area contributed by atoms with Crippen LogP contribution in [0.2, 0.25) is 0 Å². The molecule has 2 rings (SSSR count). The second-order valence-electron chi connectivity index (χ2n) is 5.45. The van der Waals surface area contributed by atoms with Crippen molar-refractivity contribution in [3.8, 4) is 0 Å². The van der Waals surface area contributed by atoms with Crippen molar-refractivity contribution < 1.29 is 19.1 Å². The summed E-state index contributed by atoms with van der Waals surface area (Å²) in [5.74, 6) is 0.542. The number of carbonyl (C=O) groups excluding carboxylic acids is 1. The third-order valence-corrected chi connectivity index (χ3v) is 3.91. The zero-order chi connectivity index (χ0) is 14.5. The molecular weight excluding hydrogens is 258 g/mol. The van der Waals surface area contributed by atoms with Crippen LogP contribution in [0.1, 0.15) is 60.4 Å². The number of carboxylic acid groups (broad SMARTS) is 1. The minimum absolute atomic E-state index is 0.00262. The average Bonchev–Trinajstić information content (AvgIpc) is 3.03. The first kappa shape index (κ1) is 14.6. The lowest BCUT2D eigenvalue weighted by molar-refractivity contribution is -0.121. The molecule has 1 aliphatic rings. The summed E-state index contributed by atoms with van der Waals surface area (Å²) in [6, 6.07) is 1.47. The Hall–Kier alpha value is -1.78. The van der Waals surface area contributed by atoms with Gasteiger partial charge < -0.3 is 14.8 Å². The van der Waals surface area contributed by atoms with Gasteiger partial charge in [0.05, 0.1) is 6.54 Å². The van der Waals surface area contributed by atoms with Crippen molar-refractivity contribution in [2.24, 2.45) is 5.92 Å². The molecule has 0 spiro atoms. The fraction of sp³-hybridized carbons (Fsp3) is 0.600. The highest BCUT2D eigenvalue weighted by molar-refractivity contribution is 5.88. The van der Waals surface area contributed by atoms with E-state index in [0.717, 1.165) is 6.42 Å². The number of hydrogen-bond donors (Lipinski definition) is 2. The van der Waals surface area contributed by atoms with Gasteiger partial charge in [0.15, 0.2) is 0 Å². The van der Waals surface area contributed by atoms with Crippen LogP contribution in [0.15, 0.2) is 10.5 Å². The minimum atomic E-state index is -1.01. The summed E-state index contributed by atoms with van der Waals surface area (Å²) in [5, 5.41) is 11.7. The summed E-state index contributed by atoms with van der Waals surface area (Å²) in [6.07, 6.45) is 6.55. The molecular formula is C15H21NO4. The van der Waals surface area contributed by atoms with Crippen LogP contribution in [-0.2, 0) is 11.3 Å². The molecule has 0 aliphatic heterocycles. The summed E-state index contributed by atoms with van der Waals surface area (Å²) in [7, 11) is 0. The monoisotopic (exact) mass is 279 g/mol. The first-order chi connectivity index (χ1) is 9.56. The Kier molecular flexibility index (Phi) is 4.82. The molecule has 2 N–H and O–H groups in total. The lowest BCUT2D eigenvalue weighted by Crippen LogP contribution is -2.22. The van der Waals surface area contributed by atoms with E-state index in [1.165, 1.54) is 31.7 Å². The first-order valence-corrected chi connectivity index (χ1v) is 7.15. The summed E-state index contributed by atoms with van der Waals surface area (Å²) < 4.78 is 5.31. The first-order valence-electron chi connectivity index (χ1n) is 7.15. The highest BCUT2D eigenvalue weighted by atomic mass is 16.4. The van der Waals surface area contributed by atoms with Gasteiger partial charge in [-0.2, -0.15) is 0 Å². The lowest BCUT2D eigenvalue weighted by Gasteiger charge is -2.08. The molecule has 0 saturated heterocycles. The minimum Gasteiger partial charge on any atom is -0.478 e. The Morgan fingerprint density at radius 2 is 2.10 bits per heavy atom. The van der Waals surface area contributed by atoms with E-state index in [1.54, 1.807) is 6.92 Å². The Balaban J connectivity index is 1.75. The van der Waals surface area contributed by atoms with Gasteiger partial charge in [0.2, 0.25) is 5.91 Å². The van der Waals surface area contributed by atoms with Gasteiger partial charge in [0.25, 0.3) is 0 Å². The van der Waals surface area contributed by atoms with Crippen molar-refractivity contribution in [1.29, 1.82) is 0 Å². The number of hydrogen-bond acceptors (Lipinski definition) is 3. The topological polar surface area (TPSA) is 79.5 Å². The normalized spacial score (nSPS) is 15.4. The number of rotatable bonds is 6. The van der Waals surface area contributed by atoms with Gasteiger partial charge in [-0.15, -0.1) is 0 Å². The summed E-state index contributed by atoms with van der Waals surface area (Å²) in [6.45, 7) is 1.85. The van der Waals surface area contributed by atoms with Crippen LogP contribution in [0, 0.1) is 12.8 Å². The molecule has 1 aromatic heterocycles. The summed E-state index contributed by atoms with van der Waals surface area (Å²) in [4.78, 5) is 22.6. The van der Waals surface area contributed by atoms with E-state index >= 15 is 0 Å². The fourth-order valence-corrected chi connectivity index (χ4v) is 2.75. The van der Waals surface area contributed by atoms with E-state index in [2.05, 4.69) is 5.32 Å². The molecule has 110 valence electrons. The Morgan fingerprint density at radius 3 is 2.70 bits per heavy atom. The Bertz CT molecular complexity index is 486.